The quantitative estimate of drug-likeness (QED) is 0.677. The van der Waals surface area contributed by atoms with Gasteiger partial charge in [0, 0.05) is 13.1 Å². The standard InChI is InChI=1S/C12H16N2O6S/c1-19-11(15)8-3-4-9(12(16)20-2)10(7-8)21(17,18)14-6-5-13/h3-4,7,14H,5-6,13H2,1-2H3. The number of hydrogen-bond donors (Lipinski definition) is 2. The molecule has 116 valence electrons. The first kappa shape index (κ1) is 17.1. The Kier molecular flexibility index (Phi) is 5.82. The maximum Gasteiger partial charge on any atom is 0.339 e. The number of esters is 2. The van der Waals surface area contributed by atoms with Crippen molar-refractivity contribution < 1.29 is 27.5 Å². The number of carbonyl (C=O) groups is 2. The number of sulfonamides is 1. The molecule has 1 aromatic rings. The van der Waals surface area contributed by atoms with E-state index in [9.17, 15) is 18.0 Å². The van der Waals surface area contributed by atoms with Crippen LogP contribution in [0.2, 0.25) is 0 Å². The van der Waals surface area contributed by atoms with Gasteiger partial charge in [-0.05, 0) is 18.2 Å². The molecule has 9 heteroatoms. The Balaban J connectivity index is 3.42. The number of nitrogens with two attached hydrogens (primary N) is 1. The number of carbonyl (C=O) groups excluding carboxylic acids is 2. The minimum Gasteiger partial charge on any atom is -0.465 e. The molecule has 1 aromatic carbocycles. The Bertz CT molecular complexity index is 641. The molecule has 0 spiro atoms. The van der Waals surface area contributed by atoms with E-state index < -0.39 is 22.0 Å². The summed E-state index contributed by atoms with van der Waals surface area (Å²) in [6.45, 7) is 0.0783. The van der Waals surface area contributed by atoms with Crippen molar-refractivity contribution in [3.8, 4) is 0 Å². The van der Waals surface area contributed by atoms with Gasteiger partial charge in [-0.2, -0.15) is 0 Å². The minimum absolute atomic E-state index is 0.00160. The van der Waals surface area contributed by atoms with Crippen LogP contribution in [0.3, 0.4) is 0 Å². The summed E-state index contributed by atoms with van der Waals surface area (Å²) in [5.74, 6) is -1.55. The second-order valence-electron chi connectivity index (χ2n) is 3.88. The lowest BCUT2D eigenvalue weighted by atomic mass is 10.1. The van der Waals surface area contributed by atoms with Crippen molar-refractivity contribution in [2.45, 2.75) is 4.90 Å². The summed E-state index contributed by atoms with van der Waals surface area (Å²) in [6.07, 6.45) is 0. The SMILES string of the molecule is COC(=O)c1ccc(C(=O)OC)c(S(=O)(=O)NCCN)c1. The molecule has 0 saturated heterocycles. The fraction of sp³-hybridized carbons (Fsp3) is 0.333. The van der Waals surface area contributed by atoms with Gasteiger partial charge in [-0.1, -0.05) is 0 Å². The number of hydrogen-bond acceptors (Lipinski definition) is 7. The summed E-state index contributed by atoms with van der Waals surface area (Å²) in [5.41, 5.74) is 5.06. The maximum atomic E-state index is 12.2. The first-order valence-electron chi connectivity index (χ1n) is 5.87. The van der Waals surface area contributed by atoms with Crippen LogP contribution < -0.4 is 10.5 Å². The van der Waals surface area contributed by atoms with E-state index in [0.717, 1.165) is 20.3 Å². The predicted octanol–water partition coefficient (Wildman–Crippen LogP) is -0.503. The van der Waals surface area contributed by atoms with Gasteiger partial charge in [-0.25, -0.2) is 22.7 Å². The molecule has 0 saturated carbocycles. The van der Waals surface area contributed by atoms with Gasteiger partial charge in [-0.3, -0.25) is 0 Å². The van der Waals surface area contributed by atoms with Crippen LogP contribution in [-0.4, -0.2) is 47.7 Å². The zero-order chi connectivity index (χ0) is 16.0. The predicted molar refractivity (Wildman–Crippen MR) is 73.4 cm³/mol. The third kappa shape index (κ3) is 4.00. The van der Waals surface area contributed by atoms with Gasteiger partial charge in [-0.15, -0.1) is 0 Å². The molecule has 0 radical (unpaired) electrons. The summed E-state index contributed by atoms with van der Waals surface area (Å²) < 4.78 is 35.6. The Morgan fingerprint density at radius 3 is 2.33 bits per heavy atom. The number of benzene rings is 1. The van der Waals surface area contributed by atoms with Crippen LogP contribution in [0.5, 0.6) is 0 Å². The summed E-state index contributed by atoms with van der Waals surface area (Å²) in [4.78, 5) is 22.8. The van der Waals surface area contributed by atoms with Crippen LogP contribution in [0, 0.1) is 0 Å². The molecule has 0 aliphatic heterocycles. The van der Waals surface area contributed by atoms with Gasteiger partial charge in [0.05, 0.1) is 30.2 Å². The molecule has 0 bridgehead atoms. The smallest absolute Gasteiger partial charge is 0.339 e. The van der Waals surface area contributed by atoms with Gasteiger partial charge in [0.15, 0.2) is 0 Å². The highest BCUT2D eigenvalue weighted by molar-refractivity contribution is 7.89. The van der Waals surface area contributed by atoms with Gasteiger partial charge in [0.25, 0.3) is 0 Å². The lowest BCUT2D eigenvalue weighted by Gasteiger charge is -2.11. The van der Waals surface area contributed by atoms with Crippen molar-refractivity contribution in [2.75, 3.05) is 27.3 Å². The molecule has 0 unspecified atom stereocenters. The van der Waals surface area contributed by atoms with Crippen LogP contribution in [0.1, 0.15) is 20.7 Å². The summed E-state index contributed by atoms with van der Waals surface area (Å²) in [6, 6.07) is 3.52. The largest absolute Gasteiger partial charge is 0.465 e. The van der Waals surface area contributed by atoms with E-state index in [1.54, 1.807) is 0 Å². The average Bonchev–Trinajstić information content (AvgIpc) is 2.50. The zero-order valence-electron chi connectivity index (χ0n) is 11.6. The molecule has 0 heterocycles. The van der Waals surface area contributed by atoms with Crippen molar-refractivity contribution in [1.82, 2.24) is 4.72 Å². The van der Waals surface area contributed by atoms with Gasteiger partial charge in [0.2, 0.25) is 10.0 Å². The van der Waals surface area contributed by atoms with Crippen molar-refractivity contribution in [2.24, 2.45) is 5.73 Å². The highest BCUT2D eigenvalue weighted by Gasteiger charge is 2.24. The van der Waals surface area contributed by atoms with Gasteiger partial charge < -0.3 is 15.2 Å². The highest BCUT2D eigenvalue weighted by Crippen LogP contribution is 2.19. The van der Waals surface area contributed by atoms with Crippen LogP contribution in [-0.2, 0) is 19.5 Å². The van der Waals surface area contributed by atoms with E-state index in [4.69, 9.17) is 5.73 Å². The Hall–Kier alpha value is -1.97. The van der Waals surface area contributed by atoms with Crippen molar-refractivity contribution >= 4 is 22.0 Å². The monoisotopic (exact) mass is 316 g/mol. The molecule has 0 aromatic heterocycles. The summed E-state index contributed by atoms with van der Waals surface area (Å²) >= 11 is 0. The average molecular weight is 316 g/mol. The molecule has 0 aliphatic rings. The molecule has 1 rings (SSSR count). The summed E-state index contributed by atoms with van der Waals surface area (Å²) in [5, 5.41) is 0. The molecule has 21 heavy (non-hydrogen) atoms. The van der Waals surface area contributed by atoms with E-state index >= 15 is 0 Å². The topological polar surface area (TPSA) is 125 Å². The first-order chi connectivity index (χ1) is 9.87. The summed E-state index contributed by atoms with van der Waals surface area (Å²) in [7, 11) is -1.72. The molecule has 0 fully saturated rings. The normalized spacial score (nSPS) is 11.0. The van der Waals surface area contributed by atoms with Crippen LogP contribution in [0.15, 0.2) is 23.1 Å². The second kappa shape index (κ2) is 7.16. The number of nitrogens with one attached hydrogen (secondary N) is 1. The van der Waals surface area contributed by atoms with E-state index in [1.807, 2.05) is 0 Å². The second-order valence-corrected chi connectivity index (χ2v) is 5.62. The molecule has 3 N–H and O–H groups in total. The number of ether oxygens (including phenoxy) is 2. The Morgan fingerprint density at radius 1 is 1.19 bits per heavy atom. The first-order valence-corrected chi connectivity index (χ1v) is 7.36. The fourth-order valence-electron chi connectivity index (χ4n) is 1.54. The third-order valence-corrected chi connectivity index (χ3v) is 4.03. The van der Waals surface area contributed by atoms with Crippen molar-refractivity contribution in [3.63, 3.8) is 0 Å². The van der Waals surface area contributed by atoms with Gasteiger partial charge >= 0.3 is 11.9 Å². The van der Waals surface area contributed by atoms with Crippen LogP contribution >= 0.6 is 0 Å². The van der Waals surface area contributed by atoms with E-state index in [2.05, 4.69) is 14.2 Å². The van der Waals surface area contributed by atoms with Crippen molar-refractivity contribution in [3.05, 3.63) is 29.3 Å². The molecule has 0 aliphatic carbocycles. The maximum absolute atomic E-state index is 12.2. The number of methoxy groups -OCH3 is 2. The van der Waals surface area contributed by atoms with Crippen LogP contribution in [0.25, 0.3) is 0 Å². The van der Waals surface area contributed by atoms with E-state index in [0.29, 0.717) is 0 Å². The van der Waals surface area contributed by atoms with E-state index in [1.165, 1.54) is 12.1 Å². The van der Waals surface area contributed by atoms with Gasteiger partial charge in [0.1, 0.15) is 0 Å². The molecule has 8 nitrogen and oxygen atoms in total. The van der Waals surface area contributed by atoms with E-state index in [-0.39, 0.29) is 29.1 Å². The lowest BCUT2D eigenvalue weighted by Crippen LogP contribution is -2.30. The molecule has 0 amide bonds. The zero-order valence-corrected chi connectivity index (χ0v) is 12.4. The Morgan fingerprint density at radius 2 is 1.81 bits per heavy atom. The molecule has 0 atom stereocenters. The Labute approximate surface area is 122 Å². The number of rotatable bonds is 6. The fourth-order valence-corrected chi connectivity index (χ4v) is 2.80. The molecular formula is C12H16N2O6S. The van der Waals surface area contributed by atoms with Crippen molar-refractivity contribution in [1.29, 1.82) is 0 Å². The third-order valence-electron chi connectivity index (χ3n) is 2.53. The minimum atomic E-state index is -4.01. The highest BCUT2D eigenvalue weighted by atomic mass is 32.2. The molecular weight excluding hydrogens is 300 g/mol. The lowest BCUT2D eigenvalue weighted by molar-refractivity contribution is 0.0583. The van der Waals surface area contributed by atoms with Crippen LogP contribution in [0.4, 0.5) is 0 Å².